The first-order valence-corrected chi connectivity index (χ1v) is 4.59. The molecule has 1 amide bonds. The highest BCUT2D eigenvalue weighted by Gasteiger charge is 2.17. The monoisotopic (exact) mass is 192 g/mol. The summed E-state index contributed by atoms with van der Waals surface area (Å²) in [6.07, 6.45) is 0. The lowest BCUT2D eigenvalue weighted by atomic mass is 9.90. The lowest BCUT2D eigenvalue weighted by Crippen LogP contribution is -2.19. The van der Waals surface area contributed by atoms with Gasteiger partial charge in [0, 0.05) is 11.1 Å². The van der Waals surface area contributed by atoms with Gasteiger partial charge in [-0.05, 0) is 24.6 Å². The highest BCUT2D eigenvalue weighted by atomic mass is 16.1. The Bertz CT molecular complexity index is 364. The second-order valence-corrected chi connectivity index (χ2v) is 4.53. The maximum absolute atomic E-state index is 11.0. The standard InChI is InChI=1S/C11H16N2O/c1-7-5-8(10(12)14)13-9(6-7)11(2,3)4/h5-6H,1-4H3,(H2,12,14). The summed E-state index contributed by atoms with van der Waals surface area (Å²) in [7, 11) is 0. The molecular formula is C11H16N2O. The topological polar surface area (TPSA) is 56.0 Å². The molecule has 0 fully saturated rings. The van der Waals surface area contributed by atoms with E-state index in [1.165, 1.54) is 0 Å². The van der Waals surface area contributed by atoms with Crippen molar-refractivity contribution in [2.24, 2.45) is 5.73 Å². The van der Waals surface area contributed by atoms with Crippen LogP contribution in [0, 0.1) is 6.92 Å². The summed E-state index contributed by atoms with van der Waals surface area (Å²) in [5, 5.41) is 0. The number of nitrogens with two attached hydrogens (primary N) is 1. The van der Waals surface area contributed by atoms with E-state index in [-0.39, 0.29) is 5.41 Å². The molecule has 76 valence electrons. The Morgan fingerprint density at radius 2 is 1.93 bits per heavy atom. The van der Waals surface area contributed by atoms with Crippen molar-refractivity contribution in [3.05, 3.63) is 29.1 Å². The molecule has 0 aromatic carbocycles. The molecule has 0 saturated carbocycles. The second-order valence-electron chi connectivity index (χ2n) is 4.53. The fourth-order valence-electron chi connectivity index (χ4n) is 1.18. The maximum atomic E-state index is 11.0. The van der Waals surface area contributed by atoms with Crippen molar-refractivity contribution >= 4 is 5.91 Å². The van der Waals surface area contributed by atoms with Gasteiger partial charge in [-0.3, -0.25) is 4.79 Å². The third kappa shape index (κ3) is 2.31. The van der Waals surface area contributed by atoms with Crippen molar-refractivity contribution in [3.8, 4) is 0 Å². The number of carbonyl (C=O) groups excluding carboxylic acids is 1. The van der Waals surface area contributed by atoms with Gasteiger partial charge >= 0.3 is 0 Å². The van der Waals surface area contributed by atoms with Crippen LogP contribution >= 0.6 is 0 Å². The van der Waals surface area contributed by atoms with Crippen molar-refractivity contribution in [3.63, 3.8) is 0 Å². The molecule has 14 heavy (non-hydrogen) atoms. The number of primary amides is 1. The molecule has 0 aliphatic heterocycles. The molecule has 0 bridgehead atoms. The van der Waals surface area contributed by atoms with Gasteiger partial charge in [-0.25, -0.2) is 4.98 Å². The summed E-state index contributed by atoms with van der Waals surface area (Å²) in [6.45, 7) is 8.10. The Balaban J connectivity index is 3.28. The molecule has 3 heteroatoms. The van der Waals surface area contributed by atoms with Gasteiger partial charge < -0.3 is 5.73 Å². The van der Waals surface area contributed by atoms with Crippen molar-refractivity contribution in [2.75, 3.05) is 0 Å². The van der Waals surface area contributed by atoms with Gasteiger partial charge in [0.15, 0.2) is 0 Å². The van der Waals surface area contributed by atoms with E-state index in [0.717, 1.165) is 11.3 Å². The van der Waals surface area contributed by atoms with E-state index >= 15 is 0 Å². The lowest BCUT2D eigenvalue weighted by Gasteiger charge is -2.18. The molecule has 0 unspecified atom stereocenters. The van der Waals surface area contributed by atoms with E-state index in [1.807, 2.05) is 13.0 Å². The fraction of sp³-hybridized carbons (Fsp3) is 0.455. The van der Waals surface area contributed by atoms with Crippen molar-refractivity contribution in [1.29, 1.82) is 0 Å². The summed E-state index contributed by atoms with van der Waals surface area (Å²) in [4.78, 5) is 15.2. The SMILES string of the molecule is Cc1cc(C(N)=O)nc(C(C)(C)C)c1. The molecule has 0 radical (unpaired) electrons. The zero-order valence-electron chi connectivity index (χ0n) is 9.09. The van der Waals surface area contributed by atoms with E-state index < -0.39 is 5.91 Å². The minimum atomic E-state index is -0.473. The van der Waals surface area contributed by atoms with Crippen LogP contribution in [-0.4, -0.2) is 10.9 Å². The molecule has 2 N–H and O–H groups in total. The third-order valence-electron chi connectivity index (χ3n) is 1.99. The Hall–Kier alpha value is -1.38. The van der Waals surface area contributed by atoms with Gasteiger partial charge in [0.2, 0.25) is 0 Å². The Kier molecular flexibility index (Phi) is 2.60. The predicted molar refractivity (Wildman–Crippen MR) is 56.2 cm³/mol. The van der Waals surface area contributed by atoms with Crippen molar-refractivity contribution in [1.82, 2.24) is 4.98 Å². The number of pyridine rings is 1. The van der Waals surface area contributed by atoms with Gasteiger partial charge in [0.25, 0.3) is 5.91 Å². The summed E-state index contributed by atoms with van der Waals surface area (Å²) < 4.78 is 0. The van der Waals surface area contributed by atoms with Crippen LogP contribution in [0.3, 0.4) is 0 Å². The number of carbonyl (C=O) groups is 1. The predicted octanol–water partition coefficient (Wildman–Crippen LogP) is 1.79. The first-order valence-electron chi connectivity index (χ1n) is 4.59. The average molecular weight is 192 g/mol. The molecule has 0 aliphatic carbocycles. The molecule has 1 aromatic heterocycles. The minimum absolute atomic E-state index is 0.0593. The number of hydrogen-bond acceptors (Lipinski definition) is 2. The Morgan fingerprint density at radius 3 is 2.36 bits per heavy atom. The molecule has 0 spiro atoms. The zero-order valence-corrected chi connectivity index (χ0v) is 9.09. The first-order chi connectivity index (χ1) is 6.30. The van der Waals surface area contributed by atoms with Crippen LogP contribution in [0.15, 0.2) is 12.1 Å². The molecular weight excluding hydrogens is 176 g/mol. The smallest absolute Gasteiger partial charge is 0.267 e. The van der Waals surface area contributed by atoms with E-state index in [4.69, 9.17) is 5.73 Å². The van der Waals surface area contributed by atoms with E-state index in [0.29, 0.717) is 5.69 Å². The van der Waals surface area contributed by atoms with E-state index in [1.54, 1.807) is 6.07 Å². The van der Waals surface area contributed by atoms with Crippen LogP contribution in [-0.2, 0) is 5.41 Å². The number of nitrogens with zero attached hydrogens (tertiary/aromatic N) is 1. The van der Waals surface area contributed by atoms with Gasteiger partial charge in [0.05, 0.1) is 0 Å². The molecule has 1 rings (SSSR count). The average Bonchev–Trinajstić information content (AvgIpc) is 2.01. The molecule has 1 aromatic rings. The lowest BCUT2D eigenvalue weighted by molar-refractivity contribution is 0.0995. The van der Waals surface area contributed by atoms with E-state index in [2.05, 4.69) is 25.8 Å². The number of aromatic nitrogens is 1. The Labute approximate surface area is 84.3 Å². The summed E-state index contributed by atoms with van der Waals surface area (Å²) in [5.41, 5.74) is 7.38. The highest BCUT2D eigenvalue weighted by molar-refractivity contribution is 5.90. The van der Waals surface area contributed by atoms with Gasteiger partial charge in [0.1, 0.15) is 5.69 Å². The molecule has 3 nitrogen and oxygen atoms in total. The third-order valence-corrected chi connectivity index (χ3v) is 1.99. The van der Waals surface area contributed by atoms with Crippen LogP contribution in [0.2, 0.25) is 0 Å². The van der Waals surface area contributed by atoms with Crippen molar-refractivity contribution in [2.45, 2.75) is 33.1 Å². The second kappa shape index (κ2) is 3.40. The molecule has 0 aliphatic rings. The fourth-order valence-corrected chi connectivity index (χ4v) is 1.18. The van der Waals surface area contributed by atoms with E-state index in [9.17, 15) is 4.79 Å². The van der Waals surface area contributed by atoms with Crippen LogP contribution in [0.5, 0.6) is 0 Å². The minimum Gasteiger partial charge on any atom is -0.364 e. The quantitative estimate of drug-likeness (QED) is 0.737. The highest BCUT2D eigenvalue weighted by Crippen LogP contribution is 2.21. The van der Waals surface area contributed by atoms with Gasteiger partial charge in [-0.1, -0.05) is 20.8 Å². The van der Waals surface area contributed by atoms with Gasteiger partial charge in [-0.2, -0.15) is 0 Å². The first kappa shape index (κ1) is 10.7. The zero-order chi connectivity index (χ0) is 10.9. The van der Waals surface area contributed by atoms with Crippen LogP contribution in [0.1, 0.15) is 42.5 Å². The van der Waals surface area contributed by atoms with Gasteiger partial charge in [-0.15, -0.1) is 0 Å². The normalized spacial score (nSPS) is 11.4. The van der Waals surface area contributed by atoms with Crippen molar-refractivity contribution < 1.29 is 4.79 Å². The molecule has 1 heterocycles. The van der Waals surface area contributed by atoms with Crippen LogP contribution in [0.25, 0.3) is 0 Å². The number of aryl methyl sites for hydroxylation is 1. The number of rotatable bonds is 1. The number of amides is 1. The molecule has 0 atom stereocenters. The van der Waals surface area contributed by atoms with Crippen LogP contribution < -0.4 is 5.73 Å². The summed E-state index contributed by atoms with van der Waals surface area (Å²) in [6, 6.07) is 3.68. The number of hydrogen-bond donors (Lipinski definition) is 1. The summed E-state index contributed by atoms with van der Waals surface area (Å²) in [5.74, 6) is -0.473. The van der Waals surface area contributed by atoms with Crippen LogP contribution in [0.4, 0.5) is 0 Å². The Morgan fingerprint density at radius 1 is 1.36 bits per heavy atom. The summed E-state index contributed by atoms with van der Waals surface area (Å²) >= 11 is 0. The largest absolute Gasteiger partial charge is 0.364 e. The maximum Gasteiger partial charge on any atom is 0.267 e. The molecule has 0 saturated heterocycles.